The highest BCUT2D eigenvalue weighted by molar-refractivity contribution is 7.90. The second kappa shape index (κ2) is 6.96. The second-order valence-electron chi connectivity index (χ2n) is 4.53. The van der Waals surface area contributed by atoms with Gasteiger partial charge in [-0.1, -0.05) is 13.3 Å². The van der Waals surface area contributed by atoms with E-state index in [9.17, 15) is 13.2 Å². The van der Waals surface area contributed by atoms with E-state index in [0.717, 1.165) is 13.0 Å². The maximum absolute atomic E-state index is 11.5. The molecule has 0 aromatic carbocycles. The number of piperidine rings is 1. The largest absolute Gasteiger partial charge is 0.314 e. The van der Waals surface area contributed by atoms with Crippen LogP contribution in [0.5, 0.6) is 0 Å². The zero-order chi connectivity index (χ0) is 12.7. The average Bonchev–Trinajstić information content (AvgIpc) is 2.27. The zero-order valence-electron chi connectivity index (χ0n) is 10.4. The highest BCUT2D eigenvalue weighted by atomic mass is 32.2. The Morgan fingerprint density at radius 2 is 2.18 bits per heavy atom. The minimum Gasteiger partial charge on any atom is -0.314 e. The van der Waals surface area contributed by atoms with E-state index in [0.29, 0.717) is 18.9 Å². The number of hydrogen-bond donors (Lipinski definition) is 2. The number of sulfonamides is 1. The van der Waals surface area contributed by atoms with Crippen molar-refractivity contribution in [3.8, 4) is 0 Å². The summed E-state index contributed by atoms with van der Waals surface area (Å²) in [5.41, 5.74) is 0. The van der Waals surface area contributed by atoms with E-state index in [4.69, 9.17) is 0 Å². The summed E-state index contributed by atoms with van der Waals surface area (Å²) in [6.07, 6.45) is 4.97. The van der Waals surface area contributed by atoms with Crippen LogP contribution in [0.15, 0.2) is 0 Å². The Bertz CT molecular complexity index is 335. The number of carbonyl (C=O) groups excluding carboxylic acids is 1. The van der Waals surface area contributed by atoms with Crippen molar-refractivity contribution >= 4 is 15.9 Å². The SMILES string of the molecule is CCCS(=O)(=O)NC(=O)CCC1CCCCN1. The Kier molecular flexibility index (Phi) is 5.91. The molecule has 6 heteroatoms. The van der Waals surface area contributed by atoms with Crippen molar-refractivity contribution in [3.63, 3.8) is 0 Å². The van der Waals surface area contributed by atoms with Gasteiger partial charge >= 0.3 is 0 Å². The highest BCUT2D eigenvalue weighted by Crippen LogP contribution is 2.11. The summed E-state index contributed by atoms with van der Waals surface area (Å²) in [6, 6.07) is 0.364. The van der Waals surface area contributed by atoms with Gasteiger partial charge in [0.05, 0.1) is 5.75 Å². The minimum atomic E-state index is -3.40. The van der Waals surface area contributed by atoms with Crippen molar-refractivity contribution in [2.45, 2.75) is 51.5 Å². The maximum Gasteiger partial charge on any atom is 0.234 e. The van der Waals surface area contributed by atoms with E-state index in [1.165, 1.54) is 12.8 Å². The fourth-order valence-electron chi connectivity index (χ4n) is 2.02. The standard InChI is InChI=1S/C11H22N2O3S/c1-2-9-17(15,16)13-11(14)7-6-10-5-3-4-8-12-10/h10,12H,2-9H2,1H3,(H,13,14). The summed E-state index contributed by atoms with van der Waals surface area (Å²) < 4.78 is 24.8. The van der Waals surface area contributed by atoms with Gasteiger partial charge in [0, 0.05) is 12.5 Å². The van der Waals surface area contributed by atoms with Crippen LogP contribution in [0.4, 0.5) is 0 Å². The molecule has 0 spiro atoms. The minimum absolute atomic E-state index is 0.0143. The van der Waals surface area contributed by atoms with Gasteiger partial charge in [-0.15, -0.1) is 0 Å². The van der Waals surface area contributed by atoms with Crippen LogP contribution in [0.2, 0.25) is 0 Å². The molecule has 1 rings (SSSR count). The molecule has 0 aromatic rings. The summed E-state index contributed by atoms with van der Waals surface area (Å²) in [7, 11) is -3.40. The molecule has 0 aromatic heterocycles. The summed E-state index contributed by atoms with van der Waals surface area (Å²) in [5, 5.41) is 3.33. The molecule has 0 saturated carbocycles. The quantitative estimate of drug-likeness (QED) is 0.741. The van der Waals surface area contributed by atoms with Gasteiger partial charge < -0.3 is 5.32 Å². The molecule has 1 unspecified atom stereocenters. The Balaban J connectivity index is 2.25. The van der Waals surface area contributed by atoms with Gasteiger partial charge in [-0.25, -0.2) is 8.42 Å². The van der Waals surface area contributed by atoms with E-state index in [-0.39, 0.29) is 18.1 Å². The predicted octanol–water partition coefficient (Wildman–Crippen LogP) is 0.765. The third-order valence-corrected chi connectivity index (χ3v) is 4.36. The summed E-state index contributed by atoms with van der Waals surface area (Å²) >= 11 is 0. The van der Waals surface area contributed by atoms with Crippen LogP contribution < -0.4 is 10.0 Å². The van der Waals surface area contributed by atoms with Gasteiger partial charge in [-0.3, -0.25) is 9.52 Å². The average molecular weight is 262 g/mol. The van der Waals surface area contributed by atoms with Gasteiger partial charge in [-0.05, 0) is 32.2 Å². The first-order valence-corrected chi connectivity index (χ1v) is 7.95. The van der Waals surface area contributed by atoms with Crippen LogP contribution in [0.3, 0.4) is 0 Å². The lowest BCUT2D eigenvalue weighted by molar-refractivity contribution is -0.119. The fourth-order valence-corrected chi connectivity index (χ4v) is 3.11. The number of amides is 1. The van der Waals surface area contributed by atoms with E-state index >= 15 is 0 Å². The number of rotatable bonds is 6. The summed E-state index contributed by atoms with van der Waals surface area (Å²) in [4.78, 5) is 11.5. The Morgan fingerprint density at radius 3 is 2.76 bits per heavy atom. The van der Waals surface area contributed by atoms with Crippen molar-refractivity contribution in [2.24, 2.45) is 0 Å². The summed E-state index contributed by atoms with van der Waals surface area (Å²) in [5.74, 6) is -0.369. The lowest BCUT2D eigenvalue weighted by atomic mass is 10.0. The first-order valence-electron chi connectivity index (χ1n) is 6.30. The summed E-state index contributed by atoms with van der Waals surface area (Å²) in [6.45, 7) is 2.77. The van der Waals surface area contributed by atoms with Crippen molar-refractivity contribution in [1.29, 1.82) is 0 Å². The van der Waals surface area contributed by atoms with Gasteiger partial charge in [0.15, 0.2) is 0 Å². The van der Waals surface area contributed by atoms with Gasteiger partial charge in [0.2, 0.25) is 15.9 Å². The molecule has 1 aliphatic rings. The van der Waals surface area contributed by atoms with Gasteiger partial charge in [-0.2, -0.15) is 0 Å². The number of hydrogen-bond acceptors (Lipinski definition) is 4. The molecular formula is C11H22N2O3S. The molecule has 1 atom stereocenters. The second-order valence-corrected chi connectivity index (χ2v) is 6.37. The molecule has 1 saturated heterocycles. The van der Waals surface area contributed by atoms with Crippen molar-refractivity contribution in [3.05, 3.63) is 0 Å². The molecular weight excluding hydrogens is 240 g/mol. The lowest BCUT2D eigenvalue weighted by Gasteiger charge is -2.22. The fraction of sp³-hybridized carbons (Fsp3) is 0.909. The van der Waals surface area contributed by atoms with Crippen LogP contribution >= 0.6 is 0 Å². The molecule has 17 heavy (non-hydrogen) atoms. The monoisotopic (exact) mass is 262 g/mol. The predicted molar refractivity (Wildman–Crippen MR) is 67.1 cm³/mol. The molecule has 1 aliphatic heterocycles. The molecule has 0 aliphatic carbocycles. The first-order chi connectivity index (χ1) is 8.03. The molecule has 0 radical (unpaired) electrons. The first kappa shape index (κ1) is 14.4. The highest BCUT2D eigenvalue weighted by Gasteiger charge is 2.17. The van der Waals surface area contributed by atoms with E-state index in [1.54, 1.807) is 6.92 Å². The zero-order valence-corrected chi connectivity index (χ0v) is 11.2. The molecule has 1 fully saturated rings. The molecule has 1 heterocycles. The van der Waals surface area contributed by atoms with Crippen molar-refractivity contribution in [2.75, 3.05) is 12.3 Å². The van der Waals surface area contributed by atoms with Gasteiger partial charge in [0.25, 0.3) is 0 Å². The number of nitrogens with one attached hydrogen (secondary N) is 2. The topological polar surface area (TPSA) is 75.3 Å². The van der Waals surface area contributed by atoms with Crippen molar-refractivity contribution < 1.29 is 13.2 Å². The Labute approximate surface area is 103 Å². The number of carbonyl (C=O) groups is 1. The van der Waals surface area contributed by atoms with Crippen LogP contribution in [0.1, 0.15) is 45.4 Å². The third kappa shape index (κ3) is 6.02. The Morgan fingerprint density at radius 1 is 1.41 bits per heavy atom. The Hall–Kier alpha value is -0.620. The van der Waals surface area contributed by atoms with Crippen LogP contribution in [0, 0.1) is 0 Å². The smallest absolute Gasteiger partial charge is 0.234 e. The molecule has 5 nitrogen and oxygen atoms in total. The van der Waals surface area contributed by atoms with Gasteiger partial charge in [0.1, 0.15) is 0 Å². The van der Waals surface area contributed by atoms with Crippen molar-refractivity contribution in [1.82, 2.24) is 10.0 Å². The third-order valence-electron chi connectivity index (χ3n) is 2.87. The molecule has 0 bridgehead atoms. The molecule has 1 amide bonds. The normalized spacial score (nSPS) is 21.1. The van der Waals surface area contributed by atoms with Crippen LogP contribution in [0.25, 0.3) is 0 Å². The van der Waals surface area contributed by atoms with Crippen LogP contribution in [-0.2, 0) is 14.8 Å². The van der Waals surface area contributed by atoms with E-state index < -0.39 is 10.0 Å². The lowest BCUT2D eigenvalue weighted by Crippen LogP contribution is -2.37. The molecule has 2 N–H and O–H groups in total. The maximum atomic E-state index is 11.5. The van der Waals surface area contributed by atoms with E-state index in [2.05, 4.69) is 10.0 Å². The molecule has 100 valence electrons. The van der Waals surface area contributed by atoms with E-state index in [1.807, 2.05) is 0 Å². The van der Waals surface area contributed by atoms with Crippen LogP contribution in [-0.4, -0.2) is 32.7 Å².